The maximum atomic E-state index is 4.77. The van der Waals surface area contributed by atoms with Crippen LogP contribution in [0, 0.1) is 13.8 Å². The Morgan fingerprint density at radius 2 is 1.80 bits per heavy atom. The quantitative estimate of drug-likeness (QED) is 0.928. The molecular weight excluding hydrogens is 246 g/mol. The maximum Gasteiger partial charge on any atom is 0.135 e. The number of aryl methyl sites for hydroxylation is 3. The minimum absolute atomic E-state index is 0.810. The lowest BCUT2D eigenvalue weighted by atomic mass is 10.0. The lowest BCUT2D eigenvalue weighted by Gasteiger charge is -2.10. The second-order valence-corrected chi connectivity index (χ2v) is 5.69. The number of hydrogen-bond acceptors (Lipinski definition) is 3. The Morgan fingerprint density at radius 3 is 2.50 bits per heavy atom. The van der Waals surface area contributed by atoms with E-state index < -0.39 is 0 Å². The summed E-state index contributed by atoms with van der Waals surface area (Å²) in [5.41, 5.74) is 6.45. The van der Waals surface area contributed by atoms with E-state index in [2.05, 4.69) is 37.4 Å². The molecular formula is C17H21N3. The Balaban J connectivity index is 1.95. The molecule has 2 aromatic rings. The van der Waals surface area contributed by atoms with Crippen molar-refractivity contribution in [1.82, 2.24) is 9.97 Å². The Morgan fingerprint density at radius 1 is 1.05 bits per heavy atom. The highest BCUT2D eigenvalue weighted by molar-refractivity contribution is 5.48. The number of nitrogens with zero attached hydrogens (tertiary/aromatic N) is 2. The van der Waals surface area contributed by atoms with Crippen LogP contribution >= 0.6 is 0 Å². The van der Waals surface area contributed by atoms with Gasteiger partial charge in [-0.05, 0) is 38.7 Å². The molecule has 1 heterocycles. The largest absolute Gasteiger partial charge is 0.373 e. The van der Waals surface area contributed by atoms with Gasteiger partial charge in [-0.1, -0.05) is 29.3 Å². The second-order valence-electron chi connectivity index (χ2n) is 5.69. The van der Waals surface area contributed by atoms with E-state index in [1.807, 2.05) is 7.05 Å². The Labute approximate surface area is 120 Å². The van der Waals surface area contributed by atoms with Crippen molar-refractivity contribution in [2.24, 2.45) is 0 Å². The van der Waals surface area contributed by atoms with E-state index in [1.54, 1.807) is 0 Å². The van der Waals surface area contributed by atoms with Gasteiger partial charge in [0.2, 0.25) is 0 Å². The summed E-state index contributed by atoms with van der Waals surface area (Å²) >= 11 is 0. The van der Waals surface area contributed by atoms with Gasteiger partial charge in [-0.15, -0.1) is 0 Å². The molecule has 0 spiro atoms. The molecule has 1 N–H and O–H groups in total. The lowest BCUT2D eigenvalue weighted by Crippen LogP contribution is -2.06. The zero-order valence-corrected chi connectivity index (χ0v) is 12.5. The van der Waals surface area contributed by atoms with E-state index in [-0.39, 0.29) is 0 Å². The Hall–Kier alpha value is -1.90. The van der Waals surface area contributed by atoms with Crippen LogP contribution in [0.3, 0.4) is 0 Å². The third kappa shape index (κ3) is 2.53. The van der Waals surface area contributed by atoms with Crippen LogP contribution in [0.5, 0.6) is 0 Å². The first-order valence-electron chi connectivity index (χ1n) is 7.29. The van der Waals surface area contributed by atoms with Gasteiger partial charge in [-0.3, -0.25) is 0 Å². The minimum Gasteiger partial charge on any atom is -0.373 e. The van der Waals surface area contributed by atoms with Crippen molar-refractivity contribution in [3.05, 3.63) is 52.0 Å². The summed E-state index contributed by atoms with van der Waals surface area (Å²) in [7, 11) is 1.95. The van der Waals surface area contributed by atoms with Gasteiger partial charge in [0.1, 0.15) is 11.6 Å². The topological polar surface area (TPSA) is 37.8 Å². The van der Waals surface area contributed by atoms with Crippen molar-refractivity contribution in [2.45, 2.75) is 39.5 Å². The van der Waals surface area contributed by atoms with Gasteiger partial charge in [0.15, 0.2) is 0 Å². The smallest absolute Gasteiger partial charge is 0.135 e. The molecule has 0 saturated heterocycles. The molecule has 3 nitrogen and oxygen atoms in total. The summed E-state index contributed by atoms with van der Waals surface area (Å²) in [6.07, 6.45) is 4.21. The molecule has 0 amide bonds. The molecule has 104 valence electrons. The second kappa shape index (κ2) is 5.23. The number of rotatable bonds is 3. The highest BCUT2D eigenvalue weighted by atomic mass is 15.0. The highest BCUT2D eigenvalue weighted by Gasteiger charge is 2.18. The zero-order chi connectivity index (χ0) is 14.1. The Kier molecular flexibility index (Phi) is 3.43. The highest BCUT2D eigenvalue weighted by Crippen LogP contribution is 2.26. The van der Waals surface area contributed by atoms with Crippen molar-refractivity contribution < 1.29 is 0 Å². The fourth-order valence-electron chi connectivity index (χ4n) is 3.12. The lowest BCUT2D eigenvalue weighted by molar-refractivity contribution is 0.885. The number of aromatic nitrogens is 2. The van der Waals surface area contributed by atoms with E-state index >= 15 is 0 Å². The standard InChI is InChI=1S/C17H21N3/c1-11-7-12(2)9-13(8-11)10-16-19-15-6-4-5-14(15)17(18-3)20-16/h7-9H,4-6,10H2,1-3H3,(H,18,19,20). The van der Waals surface area contributed by atoms with E-state index in [9.17, 15) is 0 Å². The molecule has 3 rings (SSSR count). The number of fused-ring (bicyclic) bond motifs is 1. The van der Waals surface area contributed by atoms with Crippen molar-refractivity contribution in [3.8, 4) is 0 Å². The predicted octanol–water partition coefficient (Wildman–Crippen LogP) is 3.21. The first-order chi connectivity index (χ1) is 9.65. The molecule has 0 fully saturated rings. The third-order valence-corrected chi connectivity index (χ3v) is 3.86. The van der Waals surface area contributed by atoms with Gasteiger partial charge < -0.3 is 5.32 Å². The molecule has 0 aliphatic heterocycles. The average molecular weight is 267 g/mol. The summed E-state index contributed by atoms with van der Waals surface area (Å²) in [6, 6.07) is 6.65. The molecule has 0 saturated carbocycles. The summed E-state index contributed by atoms with van der Waals surface area (Å²) in [6.45, 7) is 4.28. The summed E-state index contributed by atoms with van der Waals surface area (Å²) in [5, 5.41) is 3.23. The fourth-order valence-corrected chi connectivity index (χ4v) is 3.12. The van der Waals surface area contributed by atoms with Gasteiger partial charge in [0.25, 0.3) is 0 Å². The van der Waals surface area contributed by atoms with E-state index in [0.29, 0.717) is 0 Å². The molecule has 1 aliphatic carbocycles. The van der Waals surface area contributed by atoms with Gasteiger partial charge >= 0.3 is 0 Å². The normalized spacial score (nSPS) is 13.3. The van der Waals surface area contributed by atoms with Gasteiger partial charge in [-0.2, -0.15) is 0 Å². The van der Waals surface area contributed by atoms with Crippen LogP contribution in [0.1, 0.15) is 40.2 Å². The van der Waals surface area contributed by atoms with Gasteiger partial charge in [0, 0.05) is 24.7 Å². The van der Waals surface area contributed by atoms with Crippen LogP contribution in [0.2, 0.25) is 0 Å². The number of hydrogen-bond donors (Lipinski definition) is 1. The Bertz CT molecular complexity index is 627. The summed E-state index contributed by atoms with van der Waals surface area (Å²) < 4.78 is 0. The SMILES string of the molecule is CNc1nc(Cc2cc(C)cc(C)c2)nc2c1CCC2. The van der Waals surface area contributed by atoms with Crippen LogP contribution in [0.25, 0.3) is 0 Å². The summed E-state index contributed by atoms with van der Waals surface area (Å²) in [5.74, 6) is 1.95. The van der Waals surface area contributed by atoms with E-state index in [4.69, 9.17) is 9.97 Å². The van der Waals surface area contributed by atoms with Crippen LogP contribution in [0.15, 0.2) is 18.2 Å². The summed E-state index contributed by atoms with van der Waals surface area (Å²) in [4.78, 5) is 9.46. The van der Waals surface area contributed by atoms with Gasteiger partial charge in [0.05, 0.1) is 0 Å². The molecule has 3 heteroatoms. The zero-order valence-electron chi connectivity index (χ0n) is 12.5. The molecule has 0 radical (unpaired) electrons. The molecule has 0 unspecified atom stereocenters. The molecule has 1 aromatic carbocycles. The van der Waals surface area contributed by atoms with Gasteiger partial charge in [-0.25, -0.2) is 9.97 Å². The first kappa shape index (κ1) is 13.1. The first-order valence-corrected chi connectivity index (χ1v) is 7.29. The molecule has 0 bridgehead atoms. The maximum absolute atomic E-state index is 4.77. The van der Waals surface area contributed by atoms with Crippen molar-refractivity contribution in [2.75, 3.05) is 12.4 Å². The molecule has 1 aliphatic rings. The number of benzene rings is 1. The predicted molar refractivity (Wildman–Crippen MR) is 82.3 cm³/mol. The minimum atomic E-state index is 0.810. The molecule has 20 heavy (non-hydrogen) atoms. The van der Waals surface area contributed by atoms with Crippen LogP contribution in [-0.2, 0) is 19.3 Å². The number of anilines is 1. The van der Waals surface area contributed by atoms with Crippen LogP contribution in [0.4, 0.5) is 5.82 Å². The monoisotopic (exact) mass is 267 g/mol. The van der Waals surface area contributed by atoms with Crippen molar-refractivity contribution in [3.63, 3.8) is 0 Å². The molecule has 1 aromatic heterocycles. The van der Waals surface area contributed by atoms with E-state index in [0.717, 1.165) is 30.9 Å². The van der Waals surface area contributed by atoms with Crippen LogP contribution in [-0.4, -0.2) is 17.0 Å². The van der Waals surface area contributed by atoms with E-state index in [1.165, 1.54) is 34.4 Å². The van der Waals surface area contributed by atoms with Crippen molar-refractivity contribution >= 4 is 5.82 Å². The van der Waals surface area contributed by atoms with Crippen LogP contribution < -0.4 is 5.32 Å². The van der Waals surface area contributed by atoms with Crippen molar-refractivity contribution in [1.29, 1.82) is 0 Å². The fraction of sp³-hybridized carbons (Fsp3) is 0.412. The third-order valence-electron chi connectivity index (χ3n) is 3.86. The number of nitrogens with one attached hydrogen (secondary N) is 1. The molecule has 0 atom stereocenters. The average Bonchev–Trinajstić information content (AvgIpc) is 2.84.